The van der Waals surface area contributed by atoms with Crippen LogP contribution in [0.2, 0.25) is 0 Å². The van der Waals surface area contributed by atoms with Gasteiger partial charge in [0.15, 0.2) is 11.6 Å². The molecule has 1 rings (SSSR count). The molecule has 0 bridgehead atoms. The number of hydrogen-bond donors (Lipinski definition) is 1. The van der Waals surface area contributed by atoms with E-state index in [9.17, 15) is 18.4 Å². The first kappa shape index (κ1) is 18.1. The Balaban J connectivity index is 2.73. The lowest BCUT2D eigenvalue weighted by molar-refractivity contribution is -0.138. The molecule has 0 spiro atoms. The largest absolute Gasteiger partial charge is 0.481 e. The summed E-state index contributed by atoms with van der Waals surface area (Å²) >= 11 is 0. The summed E-state index contributed by atoms with van der Waals surface area (Å²) < 4.78 is 26.1. The van der Waals surface area contributed by atoms with Gasteiger partial charge in [-0.25, -0.2) is 8.78 Å². The summed E-state index contributed by atoms with van der Waals surface area (Å²) in [5.41, 5.74) is 0.438. The quantitative estimate of drug-likeness (QED) is 0.711. The summed E-state index contributed by atoms with van der Waals surface area (Å²) in [6.07, 6.45) is 2.78. The number of carbonyl (C=O) groups is 2. The smallest absolute Gasteiger partial charge is 0.305 e. The molecule has 0 aliphatic rings. The molecule has 1 aromatic rings. The number of rotatable bonds is 9. The highest BCUT2D eigenvalue weighted by Crippen LogP contribution is 2.13. The fraction of sp³-hybridized carbons (Fsp3) is 0.500. The first-order chi connectivity index (χ1) is 10.4. The number of unbranched alkanes of at least 4 members (excludes halogenated alkanes) is 2. The molecule has 0 aliphatic heterocycles. The van der Waals surface area contributed by atoms with E-state index in [1.54, 1.807) is 0 Å². The number of halogens is 2. The summed E-state index contributed by atoms with van der Waals surface area (Å²) in [6.45, 7) is 2.16. The van der Waals surface area contributed by atoms with Crippen LogP contribution in [0, 0.1) is 11.6 Å². The van der Waals surface area contributed by atoms with Crippen LogP contribution < -0.4 is 0 Å². The normalized spacial score (nSPS) is 10.5. The third-order valence-electron chi connectivity index (χ3n) is 3.30. The van der Waals surface area contributed by atoms with Crippen LogP contribution in [-0.2, 0) is 16.1 Å². The maximum atomic E-state index is 13.2. The minimum Gasteiger partial charge on any atom is -0.481 e. The fourth-order valence-electron chi connectivity index (χ4n) is 2.07. The van der Waals surface area contributed by atoms with Crippen molar-refractivity contribution in [3.05, 3.63) is 35.4 Å². The number of carboxylic acid groups (broad SMARTS) is 1. The maximum Gasteiger partial charge on any atom is 0.305 e. The van der Waals surface area contributed by atoms with Crippen LogP contribution in [0.3, 0.4) is 0 Å². The third kappa shape index (κ3) is 6.20. The van der Waals surface area contributed by atoms with E-state index in [0.717, 1.165) is 31.4 Å². The van der Waals surface area contributed by atoms with Crippen LogP contribution in [0.1, 0.15) is 44.6 Å². The topological polar surface area (TPSA) is 57.6 Å². The molecule has 0 heterocycles. The molecule has 0 atom stereocenters. The van der Waals surface area contributed by atoms with Crippen molar-refractivity contribution in [2.24, 2.45) is 0 Å². The van der Waals surface area contributed by atoms with Crippen molar-refractivity contribution in [1.82, 2.24) is 4.90 Å². The van der Waals surface area contributed by atoms with Crippen LogP contribution in [0.25, 0.3) is 0 Å². The van der Waals surface area contributed by atoms with Crippen molar-refractivity contribution in [3.8, 4) is 0 Å². The second kappa shape index (κ2) is 9.12. The third-order valence-corrected chi connectivity index (χ3v) is 3.30. The zero-order chi connectivity index (χ0) is 16.5. The van der Waals surface area contributed by atoms with Gasteiger partial charge in [0.2, 0.25) is 5.91 Å². The van der Waals surface area contributed by atoms with Crippen molar-refractivity contribution >= 4 is 11.9 Å². The summed E-state index contributed by atoms with van der Waals surface area (Å²) in [4.78, 5) is 24.2. The fourth-order valence-corrected chi connectivity index (χ4v) is 2.07. The predicted molar refractivity (Wildman–Crippen MR) is 78.2 cm³/mol. The van der Waals surface area contributed by atoms with E-state index < -0.39 is 17.6 Å². The lowest BCUT2D eigenvalue weighted by Gasteiger charge is -2.22. The Hall–Kier alpha value is -1.98. The van der Waals surface area contributed by atoms with Gasteiger partial charge in [0.05, 0.1) is 6.42 Å². The highest BCUT2D eigenvalue weighted by atomic mass is 19.2. The molecule has 0 aliphatic carbocycles. The number of amides is 1. The van der Waals surface area contributed by atoms with Crippen molar-refractivity contribution in [1.29, 1.82) is 0 Å². The minimum atomic E-state index is -1.00. The molecule has 6 heteroatoms. The number of carboxylic acids is 1. The van der Waals surface area contributed by atoms with Crippen molar-refractivity contribution in [2.75, 3.05) is 6.54 Å². The van der Waals surface area contributed by atoms with E-state index >= 15 is 0 Å². The Kier molecular flexibility index (Phi) is 7.49. The Morgan fingerprint density at radius 1 is 1.14 bits per heavy atom. The summed E-state index contributed by atoms with van der Waals surface area (Å²) in [5.74, 6) is -3.10. The van der Waals surface area contributed by atoms with E-state index in [2.05, 4.69) is 0 Å². The Morgan fingerprint density at radius 2 is 1.86 bits per heavy atom. The Morgan fingerprint density at radius 3 is 2.45 bits per heavy atom. The van der Waals surface area contributed by atoms with Gasteiger partial charge in [-0.1, -0.05) is 25.8 Å². The minimum absolute atomic E-state index is 0.0548. The van der Waals surface area contributed by atoms with Gasteiger partial charge < -0.3 is 10.0 Å². The number of aliphatic carboxylic acids is 1. The zero-order valence-electron chi connectivity index (χ0n) is 12.6. The van der Waals surface area contributed by atoms with E-state index in [1.807, 2.05) is 6.92 Å². The average Bonchev–Trinajstić information content (AvgIpc) is 2.47. The number of benzene rings is 1. The van der Waals surface area contributed by atoms with Crippen molar-refractivity contribution in [3.63, 3.8) is 0 Å². The molecule has 0 aromatic heterocycles. The molecular formula is C16H21F2NO3. The lowest BCUT2D eigenvalue weighted by Crippen LogP contribution is -2.32. The molecular weight excluding hydrogens is 292 g/mol. The van der Waals surface area contributed by atoms with E-state index in [0.29, 0.717) is 12.0 Å². The monoisotopic (exact) mass is 313 g/mol. The number of nitrogens with zero attached hydrogens (tertiary/aromatic N) is 1. The SMILES string of the molecule is CCCCCC(=O)N(CCC(=O)O)Cc1ccc(F)c(F)c1. The van der Waals surface area contributed by atoms with Crippen LogP contribution in [0.5, 0.6) is 0 Å². The first-order valence-corrected chi connectivity index (χ1v) is 7.37. The molecule has 0 saturated carbocycles. The summed E-state index contributed by atoms with van der Waals surface area (Å²) in [7, 11) is 0. The molecule has 0 fully saturated rings. The van der Waals surface area contributed by atoms with Gasteiger partial charge >= 0.3 is 5.97 Å². The summed E-state index contributed by atoms with van der Waals surface area (Å²) in [6, 6.07) is 3.43. The van der Waals surface area contributed by atoms with Crippen molar-refractivity contribution < 1.29 is 23.5 Å². The van der Waals surface area contributed by atoms with Crippen LogP contribution in [0.4, 0.5) is 8.78 Å². The predicted octanol–water partition coefficient (Wildman–Crippen LogP) is 3.35. The van der Waals surface area contributed by atoms with Gasteiger partial charge in [-0.15, -0.1) is 0 Å². The van der Waals surface area contributed by atoms with Crippen LogP contribution in [-0.4, -0.2) is 28.4 Å². The molecule has 0 unspecified atom stereocenters. The lowest BCUT2D eigenvalue weighted by atomic mass is 10.1. The highest BCUT2D eigenvalue weighted by Gasteiger charge is 2.16. The van der Waals surface area contributed by atoms with Gasteiger partial charge in [-0.05, 0) is 24.1 Å². The number of carbonyl (C=O) groups excluding carboxylic acids is 1. The van der Waals surface area contributed by atoms with Crippen LogP contribution in [0.15, 0.2) is 18.2 Å². The molecule has 4 nitrogen and oxygen atoms in total. The highest BCUT2D eigenvalue weighted by molar-refractivity contribution is 5.77. The molecule has 1 N–H and O–H groups in total. The van der Waals surface area contributed by atoms with Gasteiger partial charge in [-0.3, -0.25) is 9.59 Å². The van der Waals surface area contributed by atoms with Crippen molar-refractivity contribution in [2.45, 2.75) is 45.6 Å². The molecule has 0 saturated heterocycles. The number of hydrogen-bond acceptors (Lipinski definition) is 2. The zero-order valence-corrected chi connectivity index (χ0v) is 12.6. The van der Waals surface area contributed by atoms with Gasteiger partial charge in [-0.2, -0.15) is 0 Å². The molecule has 122 valence electrons. The Labute approximate surface area is 128 Å². The van der Waals surface area contributed by atoms with Crippen LogP contribution >= 0.6 is 0 Å². The van der Waals surface area contributed by atoms with Gasteiger partial charge in [0.25, 0.3) is 0 Å². The molecule has 0 radical (unpaired) electrons. The molecule has 1 aromatic carbocycles. The maximum absolute atomic E-state index is 13.2. The second-order valence-corrected chi connectivity index (χ2v) is 5.16. The average molecular weight is 313 g/mol. The standard InChI is InChI=1S/C16H21F2NO3/c1-2-3-4-5-15(20)19(9-8-16(21)22)11-12-6-7-13(17)14(18)10-12/h6-7,10H,2-5,8-9,11H2,1H3,(H,21,22). The van der Waals surface area contributed by atoms with Gasteiger partial charge in [0, 0.05) is 19.5 Å². The van der Waals surface area contributed by atoms with E-state index in [-0.39, 0.29) is 25.4 Å². The van der Waals surface area contributed by atoms with E-state index in [1.165, 1.54) is 11.0 Å². The van der Waals surface area contributed by atoms with E-state index in [4.69, 9.17) is 5.11 Å². The second-order valence-electron chi connectivity index (χ2n) is 5.16. The molecule has 22 heavy (non-hydrogen) atoms. The van der Waals surface area contributed by atoms with Gasteiger partial charge in [0.1, 0.15) is 0 Å². The first-order valence-electron chi connectivity index (χ1n) is 7.37. The Bertz CT molecular complexity index is 520. The summed E-state index contributed by atoms with van der Waals surface area (Å²) in [5, 5.41) is 8.76. The molecule has 1 amide bonds.